The zero-order valence-electron chi connectivity index (χ0n) is 9.79. The summed E-state index contributed by atoms with van der Waals surface area (Å²) in [7, 11) is 0. The van der Waals surface area contributed by atoms with E-state index in [1.807, 2.05) is 0 Å². The molecule has 1 atom stereocenters. The van der Waals surface area contributed by atoms with Crippen LogP contribution in [0.1, 0.15) is 10.4 Å². The quantitative estimate of drug-likeness (QED) is 0.482. The van der Waals surface area contributed by atoms with Gasteiger partial charge in [-0.25, -0.2) is 9.59 Å². The molecule has 0 aromatic heterocycles. The first kappa shape index (κ1) is 14.5. The minimum absolute atomic E-state index is 0.282. The maximum Gasteiger partial charge on any atom is 0.328 e. The first-order valence-corrected chi connectivity index (χ1v) is 5.25. The molecule has 8 nitrogen and oxygen atoms in total. The third-order valence-electron chi connectivity index (χ3n) is 2.21. The van der Waals surface area contributed by atoms with E-state index in [1.165, 1.54) is 24.3 Å². The van der Waals surface area contributed by atoms with Crippen LogP contribution in [-0.2, 0) is 4.79 Å². The Morgan fingerprint density at radius 2 is 1.79 bits per heavy atom. The number of aliphatic hydroxyl groups excluding tert-OH is 1. The summed E-state index contributed by atoms with van der Waals surface area (Å²) in [6, 6.07) is 3.54. The second-order valence-corrected chi connectivity index (χ2v) is 3.61. The van der Waals surface area contributed by atoms with Gasteiger partial charge in [-0.05, 0) is 24.3 Å². The number of amides is 3. The van der Waals surface area contributed by atoms with Gasteiger partial charge in [0.05, 0.1) is 6.61 Å². The number of rotatable bonds is 5. The molecular weight excluding hydrogens is 254 g/mol. The maximum absolute atomic E-state index is 11.4. The molecule has 0 saturated carbocycles. The normalized spacial score (nSPS) is 11.4. The number of primary amides is 1. The van der Waals surface area contributed by atoms with Crippen LogP contribution in [-0.4, -0.2) is 40.8 Å². The van der Waals surface area contributed by atoms with Crippen molar-refractivity contribution < 1.29 is 24.6 Å². The number of nitrogens with two attached hydrogens (primary N) is 1. The largest absolute Gasteiger partial charge is 0.480 e. The van der Waals surface area contributed by atoms with Crippen LogP contribution in [0.4, 0.5) is 10.5 Å². The van der Waals surface area contributed by atoms with E-state index in [1.54, 1.807) is 0 Å². The van der Waals surface area contributed by atoms with Gasteiger partial charge in [-0.2, -0.15) is 0 Å². The molecule has 19 heavy (non-hydrogen) atoms. The van der Waals surface area contributed by atoms with Crippen LogP contribution < -0.4 is 16.4 Å². The zero-order chi connectivity index (χ0) is 14.4. The van der Waals surface area contributed by atoms with E-state index in [-0.39, 0.29) is 5.56 Å². The summed E-state index contributed by atoms with van der Waals surface area (Å²) in [5.74, 6) is -1.94. The fourth-order valence-corrected chi connectivity index (χ4v) is 1.23. The molecule has 0 saturated heterocycles. The summed E-state index contributed by atoms with van der Waals surface area (Å²) >= 11 is 0. The number of carbonyl (C=O) groups is 3. The second-order valence-electron chi connectivity index (χ2n) is 3.61. The number of hydrogen-bond acceptors (Lipinski definition) is 4. The van der Waals surface area contributed by atoms with Gasteiger partial charge in [-0.15, -0.1) is 0 Å². The van der Waals surface area contributed by atoms with E-state index in [9.17, 15) is 14.4 Å². The SMILES string of the molecule is NC(=O)c1ccc(NC(=O)N[C@H](CO)C(=O)O)cc1. The van der Waals surface area contributed by atoms with Crippen LogP contribution >= 0.6 is 0 Å². The number of anilines is 1. The standard InChI is InChI=1S/C11H13N3O5/c12-9(16)6-1-3-7(4-2-6)13-11(19)14-8(5-15)10(17)18/h1-4,8,15H,5H2,(H2,12,16)(H,17,18)(H2,13,14,19)/t8-/m1/s1. The Balaban J connectivity index is 2.61. The lowest BCUT2D eigenvalue weighted by Gasteiger charge is -2.12. The van der Waals surface area contributed by atoms with Gasteiger partial charge in [0.1, 0.15) is 0 Å². The summed E-state index contributed by atoms with van der Waals surface area (Å²) in [6.07, 6.45) is 0. The number of benzene rings is 1. The molecule has 0 radical (unpaired) electrons. The number of aliphatic hydroxyl groups is 1. The predicted molar refractivity (Wildman–Crippen MR) is 65.6 cm³/mol. The fourth-order valence-electron chi connectivity index (χ4n) is 1.23. The molecule has 0 aliphatic heterocycles. The maximum atomic E-state index is 11.4. The third-order valence-corrected chi connectivity index (χ3v) is 2.21. The predicted octanol–water partition coefficient (Wildman–Crippen LogP) is -0.647. The summed E-state index contributed by atoms with van der Waals surface area (Å²) in [6.45, 7) is -0.719. The molecule has 1 rings (SSSR count). The smallest absolute Gasteiger partial charge is 0.328 e. The molecule has 3 amide bonds. The summed E-state index contributed by atoms with van der Waals surface area (Å²) < 4.78 is 0. The van der Waals surface area contributed by atoms with Gasteiger partial charge in [0.25, 0.3) is 0 Å². The number of hydrogen-bond donors (Lipinski definition) is 5. The third kappa shape index (κ3) is 4.28. The van der Waals surface area contributed by atoms with Crippen molar-refractivity contribution in [3.63, 3.8) is 0 Å². The molecule has 0 spiro atoms. The van der Waals surface area contributed by atoms with Gasteiger partial charge in [0.2, 0.25) is 5.91 Å². The summed E-state index contributed by atoms with van der Waals surface area (Å²) in [4.78, 5) is 32.8. The molecular formula is C11H13N3O5. The van der Waals surface area contributed by atoms with Crippen molar-refractivity contribution in [2.24, 2.45) is 5.73 Å². The van der Waals surface area contributed by atoms with E-state index >= 15 is 0 Å². The van der Waals surface area contributed by atoms with Crippen LogP contribution in [0.15, 0.2) is 24.3 Å². The number of urea groups is 1. The van der Waals surface area contributed by atoms with Gasteiger partial charge in [-0.1, -0.05) is 0 Å². The fraction of sp³-hybridized carbons (Fsp3) is 0.182. The van der Waals surface area contributed by atoms with Crippen LogP contribution in [0.3, 0.4) is 0 Å². The van der Waals surface area contributed by atoms with Gasteiger partial charge >= 0.3 is 12.0 Å². The Kier molecular flexibility index (Phi) is 4.84. The minimum Gasteiger partial charge on any atom is -0.480 e. The number of carbonyl (C=O) groups excluding carboxylic acids is 2. The molecule has 0 aliphatic carbocycles. The highest BCUT2D eigenvalue weighted by Gasteiger charge is 2.18. The molecule has 0 unspecified atom stereocenters. The molecule has 1 aromatic rings. The average molecular weight is 267 g/mol. The van der Waals surface area contributed by atoms with Crippen molar-refractivity contribution in [3.8, 4) is 0 Å². The molecule has 0 heterocycles. The van der Waals surface area contributed by atoms with Crippen LogP contribution in [0, 0.1) is 0 Å². The molecule has 0 aliphatic rings. The van der Waals surface area contributed by atoms with E-state index < -0.39 is 30.6 Å². The van der Waals surface area contributed by atoms with Crippen LogP contribution in [0.2, 0.25) is 0 Å². The zero-order valence-corrected chi connectivity index (χ0v) is 9.79. The first-order chi connectivity index (χ1) is 8.93. The van der Waals surface area contributed by atoms with Gasteiger partial charge in [0, 0.05) is 11.3 Å². The molecule has 1 aromatic carbocycles. The highest BCUT2D eigenvalue weighted by Crippen LogP contribution is 2.08. The minimum atomic E-state index is -1.38. The van der Waals surface area contributed by atoms with Crippen molar-refractivity contribution in [1.82, 2.24) is 5.32 Å². The van der Waals surface area contributed by atoms with E-state index in [2.05, 4.69) is 10.6 Å². The number of carboxylic acids is 1. The second kappa shape index (κ2) is 6.36. The Hall–Kier alpha value is -2.61. The van der Waals surface area contributed by atoms with Gasteiger partial charge in [-0.3, -0.25) is 4.79 Å². The highest BCUT2D eigenvalue weighted by molar-refractivity contribution is 5.95. The number of aliphatic carboxylic acids is 1. The molecule has 6 N–H and O–H groups in total. The van der Waals surface area contributed by atoms with E-state index in [0.717, 1.165) is 0 Å². The molecule has 102 valence electrons. The molecule has 0 bridgehead atoms. The summed E-state index contributed by atoms with van der Waals surface area (Å²) in [5.41, 5.74) is 5.68. The molecule has 0 fully saturated rings. The van der Waals surface area contributed by atoms with Crippen molar-refractivity contribution >= 4 is 23.6 Å². The van der Waals surface area contributed by atoms with E-state index in [0.29, 0.717) is 5.69 Å². The monoisotopic (exact) mass is 267 g/mol. The number of carboxylic acid groups (broad SMARTS) is 1. The Bertz CT molecular complexity index is 486. The summed E-state index contributed by atoms with van der Waals surface area (Å²) in [5, 5.41) is 21.8. The average Bonchev–Trinajstić information content (AvgIpc) is 2.36. The van der Waals surface area contributed by atoms with Crippen molar-refractivity contribution in [3.05, 3.63) is 29.8 Å². The van der Waals surface area contributed by atoms with Crippen LogP contribution in [0.25, 0.3) is 0 Å². The molecule has 8 heteroatoms. The van der Waals surface area contributed by atoms with E-state index in [4.69, 9.17) is 15.9 Å². The number of nitrogens with one attached hydrogen (secondary N) is 2. The van der Waals surface area contributed by atoms with Crippen molar-refractivity contribution in [1.29, 1.82) is 0 Å². The van der Waals surface area contributed by atoms with Gasteiger partial charge in [0.15, 0.2) is 6.04 Å². The lowest BCUT2D eigenvalue weighted by Crippen LogP contribution is -2.45. The van der Waals surface area contributed by atoms with Crippen molar-refractivity contribution in [2.75, 3.05) is 11.9 Å². The Morgan fingerprint density at radius 1 is 1.21 bits per heavy atom. The van der Waals surface area contributed by atoms with Crippen LogP contribution in [0.5, 0.6) is 0 Å². The Labute approximate surface area is 108 Å². The van der Waals surface area contributed by atoms with Crippen molar-refractivity contribution in [2.45, 2.75) is 6.04 Å². The van der Waals surface area contributed by atoms with Gasteiger partial charge < -0.3 is 26.6 Å². The lowest BCUT2D eigenvalue weighted by molar-refractivity contribution is -0.140. The lowest BCUT2D eigenvalue weighted by atomic mass is 10.2. The Morgan fingerprint density at radius 3 is 2.21 bits per heavy atom. The highest BCUT2D eigenvalue weighted by atomic mass is 16.4. The topological polar surface area (TPSA) is 142 Å². The first-order valence-electron chi connectivity index (χ1n) is 5.25.